The van der Waals surface area contributed by atoms with E-state index in [-0.39, 0.29) is 11.7 Å². The fourth-order valence-electron chi connectivity index (χ4n) is 1.90. The Hall–Kier alpha value is -1.55. The Labute approximate surface area is 94.7 Å². The number of anilines is 1. The molecule has 0 spiro atoms. The van der Waals surface area contributed by atoms with Crippen molar-refractivity contribution in [2.45, 2.75) is 24.8 Å². The predicted molar refractivity (Wildman–Crippen MR) is 62.3 cm³/mol. The number of carbonyl (C=O) groups excluding carboxylic acids is 1. The minimum atomic E-state index is -0.674. The molecule has 0 unspecified atom stereocenters. The molecule has 4 nitrogen and oxygen atoms in total. The Morgan fingerprint density at radius 3 is 2.38 bits per heavy atom. The van der Waals surface area contributed by atoms with Gasteiger partial charge in [-0.15, -0.1) is 0 Å². The van der Waals surface area contributed by atoms with Gasteiger partial charge in [0.1, 0.15) is 5.75 Å². The maximum Gasteiger partial charge on any atom is 0.246 e. The second-order valence-corrected chi connectivity index (χ2v) is 4.39. The zero-order valence-electron chi connectivity index (χ0n) is 9.31. The molecule has 16 heavy (non-hydrogen) atoms. The van der Waals surface area contributed by atoms with Gasteiger partial charge in [0.15, 0.2) is 0 Å². The molecule has 0 radical (unpaired) electrons. The van der Waals surface area contributed by atoms with Gasteiger partial charge in [-0.05, 0) is 43.5 Å². The molecule has 1 aromatic rings. The average Bonchev–Trinajstić information content (AvgIpc) is 2.25. The number of phenols is 1. The highest BCUT2D eigenvalue weighted by atomic mass is 16.3. The third-order valence-corrected chi connectivity index (χ3v) is 3.21. The maximum absolute atomic E-state index is 12.1. The summed E-state index contributed by atoms with van der Waals surface area (Å²) >= 11 is 0. The van der Waals surface area contributed by atoms with E-state index in [1.54, 1.807) is 36.2 Å². The van der Waals surface area contributed by atoms with Crippen molar-refractivity contribution in [3.63, 3.8) is 0 Å². The number of amides is 1. The van der Waals surface area contributed by atoms with Gasteiger partial charge in [0.2, 0.25) is 5.91 Å². The van der Waals surface area contributed by atoms with Crippen molar-refractivity contribution in [1.82, 2.24) is 0 Å². The lowest BCUT2D eigenvalue weighted by Crippen LogP contribution is -2.59. The average molecular weight is 220 g/mol. The number of rotatable bonds is 2. The Kier molecular flexibility index (Phi) is 2.59. The zero-order chi connectivity index (χ0) is 11.8. The highest BCUT2D eigenvalue weighted by molar-refractivity contribution is 6.00. The lowest BCUT2D eigenvalue weighted by Gasteiger charge is -2.39. The van der Waals surface area contributed by atoms with Crippen LogP contribution in [0.25, 0.3) is 0 Å². The summed E-state index contributed by atoms with van der Waals surface area (Å²) in [6.45, 7) is 0. The minimum absolute atomic E-state index is 0.0514. The standard InChI is InChI=1S/C12H16N2O2/c1-14(9-3-5-10(15)6-4-9)11(16)12(13)7-2-8-12/h3-6,15H,2,7-8,13H2,1H3. The monoisotopic (exact) mass is 220 g/mol. The largest absolute Gasteiger partial charge is 0.508 e. The third kappa shape index (κ3) is 1.76. The molecule has 1 aliphatic rings. The summed E-state index contributed by atoms with van der Waals surface area (Å²) in [6, 6.07) is 6.52. The summed E-state index contributed by atoms with van der Waals surface area (Å²) in [5.74, 6) is 0.139. The quantitative estimate of drug-likeness (QED) is 0.788. The van der Waals surface area contributed by atoms with E-state index >= 15 is 0 Å². The highest BCUT2D eigenvalue weighted by Gasteiger charge is 2.42. The van der Waals surface area contributed by atoms with Crippen molar-refractivity contribution in [2.24, 2.45) is 5.73 Å². The van der Waals surface area contributed by atoms with Crippen LogP contribution in [0.1, 0.15) is 19.3 Å². The molecule has 0 bridgehead atoms. The van der Waals surface area contributed by atoms with Crippen LogP contribution in [0.2, 0.25) is 0 Å². The van der Waals surface area contributed by atoms with Crippen LogP contribution in [-0.2, 0) is 4.79 Å². The van der Waals surface area contributed by atoms with Crippen LogP contribution in [0.3, 0.4) is 0 Å². The number of hydrogen-bond donors (Lipinski definition) is 2. The van der Waals surface area contributed by atoms with Crippen LogP contribution in [0, 0.1) is 0 Å². The van der Waals surface area contributed by atoms with Crippen molar-refractivity contribution < 1.29 is 9.90 Å². The molecule has 2 rings (SSSR count). The van der Waals surface area contributed by atoms with Gasteiger partial charge >= 0.3 is 0 Å². The Morgan fingerprint density at radius 1 is 1.38 bits per heavy atom. The van der Waals surface area contributed by atoms with E-state index in [1.165, 1.54) is 0 Å². The minimum Gasteiger partial charge on any atom is -0.508 e. The van der Waals surface area contributed by atoms with Crippen molar-refractivity contribution in [3.8, 4) is 5.75 Å². The van der Waals surface area contributed by atoms with Gasteiger partial charge in [-0.1, -0.05) is 0 Å². The molecule has 1 saturated carbocycles. The number of carbonyl (C=O) groups is 1. The molecule has 4 heteroatoms. The lowest BCUT2D eigenvalue weighted by atomic mass is 9.76. The fourth-order valence-corrected chi connectivity index (χ4v) is 1.90. The second kappa shape index (κ2) is 3.79. The van der Waals surface area contributed by atoms with Crippen LogP contribution in [0.5, 0.6) is 5.75 Å². The summed E-state index contributed by atoms with van der Waals surface area (Å²) in [5, 5.41) is 9.17. The molecule has 86 valence electrons. The molecule has 0 saturated heterocycles. The Morgan fingerprint density at radius 2 is 1.94 bits per heavy atom. The second-order valence-electron chi connectivity index (χ2n) is 4.39. The molecule has 3 N–H and O–H groups in total. The van der Waals surface area contributed by atoms with Gasteiger partial charge in [0, 0.05) is 12.7 Å². The van der Waals surface area contributed by atoms with E-state index < -0.39 is 5.54 Å². The van der Waals surface area contributed by atoms with Crippen LogP contribution in [0.4, 0.5) is 5.69 Å². The molecule has 0 atom stereocenters. The Bertz CT molecular complexity index is 396. The number of likely N-dealkylation sites (N-methyl/N-ethyl adjacent to an activating group) is 1. The highest BCUT2D eigenvalue weighted by Crippen LogP contribution is 2.32. The normalized spacial score (nSPS) is 17.6. The van der Waals surface area contributed by atoms with E-state index in [2.05, 4.69) is 0 Å². The first kappa shape index (κ1) is 11.0. The summed E-state index contributed by atoms with van der Waals surface area (Å²) in [4.78, 5) is 13.6. The van der Waals surface area contributed by atoms with Gasteiger partial charge in [0.05, 0.1) is 5.54 Å². The van der Waals surface area contributed by atoms with Gasteiger partial charge in [-0.3, -0.25) is 4.79 Å². The van der Waals surface area contributed by atoms with Crippen molar-refractivity contribution in [1.29, 1.82) is 0 Å². The first-order chi connectivity index (χ1) is 7.53. The van der Waals surface area contributed by atoms with Gasteiger partial charge in [0.25, 0.3) is 0 Å². The molecule has 1 aromatic carbocycles. The lowest BCUT2D eigenvalue weighted by molar-refractivity contribution is -0.126. The number of nitrogens with two attached hydrogens (primary N) is 1. The summed E-state index contributed by atoms with van der Waals surface area (Å²) < 4.78 is 0. The predicted octanol–water partition coefficient (Wildman–Crippen LogP) is 1.24. The number of hydrogen-bond acceptors (Lipinski definition) is 3. The zero-order valence-corrected chi connectivity index (χ0v) is 9.31. The molecule has 0 heterocycles. The summed E-state index contributed by atoms with van der Waals surface area (Å²) in [5.41, 5.74) is 6.05. The Balaban J connectivity index is 2.15. The van der Waals surface area contributed by atoms with E-state index in [0.717, 1.165) is 24.9 Å². The van der Waals surface area contributed by atoms with Crippen LogP contribution in [-0.4, -0.2) is 23.6 Å². The topological polar surface area (TPSA) is 66.6 Å². The molecule has 1 aliphatic carbocycles. The van der Waals surface area contributed by atoms with Crippen LogP contribution >= 0.6 is 0 Å². The molecule has 0 aromatic heterocycles. The van der Waals surface area contributed by atoms with Gasteiger partial charge in [-0.25, -0.2) is 0 Å². The third-order valence-electron chi connectivity index (χ3n) is 3.21. The molecular weight excluding hydrogens is 204 g/mol. The molecular formula is C12H16N2O2. The first-order valence-corrected chi connectivity index (χ1v) is 5.39. The molecule has 1 amide bonds. The fraction of sp³-hybridized carbons (Fsp3) is 0.417. The summed E-state index contributed by atoms with van der Waals surface area (Å²) in [7, 11) is 1.71. The van der Waals surface area contributed by atoms with E-state index in [9.17, 15) is 4.79 Å². The van der Waals surface area contributed by atoms with E-state index in [0.29, 0.717) is 0 Å². The number of benzene rings is 1. The van der Waals surface area contributed by atoms with E-state index in [1.807, 2.05) is 0 Å². The summed E-state index contributed by atoms with van der Waals surface area (Å²) in [6.07, 6.45) is 2.54. The van der Waals surface area contributed by atoms with Crippen molar-refractivity contribution >= 4 is 11.6 Å². The number of phenolic OH excluding ortho intramolecular Hbond substituents is 1. The van der Waals surface area contributed by atoms with Crippen LogP contribution < -0.4 is 10.6 Å². The number of nitrogens with zero attached hydrogens (tertiary/aromatic N) is 1. The van der Waals surface area contributed by atoms with Crippen molar-refractivity contribution in [2.75, 3.05) is 11.9 Å². The maximum atomic E-state index is 12.1. The van der Waals surface area contributed by atoms with Crippen LogP contribution in [0.15, 0.2) is 24.3 Å². The SMILES string of the molecule is CN(C(=O)C1(N)CCC1)c1ccc(O)cc1. The molecule has 0 aliphatic heterocycles. The first-order valence-electron chi connectivity index (χ1n) is 5.39. The van der Waals surface area contributed by atoms with Crippen molar-refractivity contribution in [3.05, 3.63) is 24.3 Å². The smallest absolute Gasteiger partial charge is 0.246 e. The van der Waals surface area contributed by atoms with E-state index in [4.69, 9.17) is 10.8 Å². The van der Waals surface area contributed by atoms with Gasteiger partial charge in [-0.2, -0.15) is 0 Å². The van der Waals surface area contributed by atoms with Gasteiger partial charge < -0.3 is 15.7 Å². The molecule has 1 fully saturated rings. The number of aromatic hydroxyl groups is 1.